The van der Waals surface area contributed by atoms with Crippen molar-refractivity contribution < 1.29 is 14.3 Å². The first kappa shape index (κ1) is 20.2. The molecule has 1 aliphatic heterocycles. The lowest BCUT2D eigenvalue weighted by Gasteiger charge is -2.33. The molecule has 1 fully saturated rings. The van der Waals surface area contributed by atoms with E-state index in [0.717, 1.165) is 44.9 Å². The fourth-order valence-electron chi connectivity index (χ4n) is 2.80. The Balaban J connectivity index is 1.94. The van der Waals surface area contributed by atoms with Crippen LogP contribution < -0.4 is 5.32 Å². The van der Waals surface area contributed by atoms with Crippen LogP contribution in [0.25, 0.3) is 0 Å². The fraction of sp³-hybridized carbons (Fsp3) is 0.611. The van der Waals surface area contributed by atoms with Crippen molar-refractivity contribution in [3.8, 4) is 0 Å². The van der Waals surface area contributed by atoms with Crippen molar-refractivity contribution >= 4 is 29.2 Å². The minimum atomic E-state index is -0.142. The van der Waals surface area contributed by atoms with Gasteiger partial charge >= 0.3 is 5.97 Å². The lowest BCUT2D eigenvalue weighted by atomic mass is 9.97. The van der Waals surface area contributed by atoms with Crippen LogP contribution >= 0.6 is 11.3 Å². The van der Waals surface area contributed by atoms with Gasteiger partial charge in [0.1, 0.15) is 6.54 Å². The Bertz CT molecular complexity index is 608. The third-order valence-corrected chi connectivity index (χ3v) is 5.36. The third kappa shape index (κ3) is 6.01. The van der Waals surface area contributed by atoms with Crippen molar-refractivity contribution in [3.63, 3.8) is 0 Å². The molecule has 0 aliphatic carbocycles. The number of aliphatic imine (C=N–C) groups is 1. The van der Waals surface area contributed by atoms with Crippen LogP contribution in [0.4, 0.5) is 0 Å². The Morgan fingerprint density at radius 1 is 1.38 bits per heavy atom. The Morgan fingerprint density at radius 3 is 2.69 bits per heavy atom. The summed E-state index contributed by atoms with van der Waals surface area (Å²) in [4.78, 5) is 33.1. The number of guanidine groups is 1. The number of carbonyl (C=O) groups is 2. The van der Waals surface area contributed by atoms with Gasteiger partial charge < -0.3 is 19.9 Å². The molecule has 1 amide bonds. The smallest absolute Gasteiger partial charge is 0.308 e. The van der Waals surface area contributed by atoms with Crippen LogP contribution in [0.3, 0.4) is 0 Å². The largest absolute Gasteiger partial charge is 0.469 e. The summed E-state index contributed by atoms with van der Waals surface area (Å²) in [7, 11) is 4.88. The highest BCUT2D eigenvalue weighted by atomic mass is 32.1. The Hall–Kier alpha value is -2.09. The average Bonchev–Trinajstić information content (AvgIpc) is 3.17. The molecule has 0 bridgehead atoms. The highest BCUT2D eigenvalue weighted by molar-refractivity contribution is 7.09. The second-order valence-electron chi connectivity index (χ2n) is 6.47. The number of likely N-dealkylation sites (N-methyl/N-ethyl adjacent to an activating group) is 1. The predicted octanol–water partition coefficient (Wildman–Crippen LogP) is 1.21. The Kier molecular flexibility index (Phi) is 7.90. The maximum Gasteiger partial charge on any atom is 0.308 e. The number of ether oxygens (including phenoxy) is 1. The maximum atomic E-state index is 11.9. The highest BCUT2D eigenvalue weighted by Crippen LogP contribution is 2.18. The van der Waals surface area contributed by atoms with Gasteiger partial charge in [0.25, 0.3) is 0 Å². The van der Waals surface area contributed by atoms with Gasteiger partial charge in [0.2, 0.25) is 5.91 Å². The molecule has 1 saturated heterocycles. The van der Waals surface area contributed by atoms with Crippen LogP contribution in [0.5, 0.6) is 0 Å². The first-order chi connectivity index (χ1) is 12.5. The molecule has 2 heterocycles. The molecule has 8 heteroatoms. The number of piperidine rings is 1. The Labute approximate surface area is 159 Å². The van der Waals surface area contributed by atoms with Gasteiger partial charge in [-0.25, -0.2) is 4.99 Å². The summed E-state index contributed by atoms with van der Waals surface area (Å²) in [5.74, 6) is 0.510. The Morgan fingerprint density at radius 2 is 2.12 bits per heavy atom. The van der Waals surface area contributed by atoms with Crippen molar-refractivity contribution in [2.24, 2.45) is 10.9 Å². The number of thiophene rings is 1. The number of nitrogens with zero attached hydrogens (tertiary/aromatic N) is 3. The van der Waals surface area contributed by atoms with Gasteiger partial charge in [0.15, 0.2) is 5.96 Å². The number of methoxy groups -OCH3 is 1. The van der Waals surface area contributed by atoms with Crippen LogP contribution in [0, 0.1) is 5.92 Å². The van der Waals surface area contributed by atoms with E-state index >= 15 is 0 Å². The monoisotopic (exact) mass is 380 g/mol. The molecular weight excluding hydrogens is 352 g/mol. The van der Waals surface area contributed by atoms with Crippen LogP contribution in [0.2, 0.25) is 0 Å². The molecule has 0 saturated carbocycles. The van der Waals surface area contributed by atoms with Gasteiger partial charge in [-0.15, -0.1) is 11.3 Å². The van der Waals surface area contributed by atoms with E-state index in [-0.39, 0.29) is 24.3 Å². The minimum absolute atomic E-state index is 0.0352. The molecular formula is C18H28N4O3S. The zero-order valence-corrected chi connectivity index (χ0v) is 16.6. The zero-order valence-electron chi connectivity index (χ0n) is 15.7. The van der Waals surface area contributed by atoms with E-state index in [4.69, 9.17) is 4.74 Å². The van der Waals surface area contributed by atoms with Crippen molar-refractivity contribution in [1.82, 2.24) is 15.1 Å². The molecule has 0 aromatic carbocycles. The second kappa shape index (κ2) is 10.2. The number of hydrogen-bond acceptors (Lipinski definition) is 5. The van der Waals surface area contributed by atoms with Crippen molar-refractivity contribution in [2.75, 3.05) is 47.4 Å². The topological polar surface area (TPSA) is 74.2 Å². The lowest BCUT2D eigenvalue weighted by Crippen LogP contribution is -2.47. The third-order valence-electron chi connectivity index (χ3n) is 4.43. The summed E-state index contributed by atoms with van der Waals surface area (Å²) in [6, 6.07) is 4.16. The van der Waals surface area contributed by atoms with Crippen molar-refractivity contribution in [2.45, 2.75) is 19.3 Å². The normalized spacial score (nSPS) is 15.7. The van der Waals surface area contributed by atoms with Gasteiger partial charge in [0.05, 0.1) is 13.0 Å². The van der Waals surface area contributed by atoms with Gasteiger partial charge in [0, 0.05) is 38.6 Å². The van der Waals surface area contributed by atoms with E-state index in [1.807, 2.05) is 6.07 Å². The first-order valence-corrected chi connectivity index (χ1v) is 9.73. The van der Waals surface area contributed by atoms with E-state index in [9.17, 15) is 9.59 Å². The minimum Gasteiger partial charge on any atom is -0.469 e. The van der Waals surface area contributed by atoms with Gasteiger partial charge in [-0.3, -0.25) is 9.59 Å². The number of amides is 1. The van der Waals surface area contributed by atoms with E-state index in [1.165, 1.54) is 16.9 Å². The lowest BCUT2D eigenvalue weighted by molar-refractivity contribution is -0.146. The summed E-state index contributed by atoms with van der Waals surface area (Å²) in [6.07, 6.45) is 2.39. The predicted molar refractivity (Wildman–Crippen MR) is 103 cm³/mol. The molecule has 7 nitrogen and oxygen atoms in total. The van der Waals surface area contributed by atoms with E-state index in [2.05, 4.69) is 26.7 Å². The molecule has 26 heavy (non-hydrogen) atoms. The van der Waals surface area contributed by atoms with E-state index < -0.39 is 0 Å². The standard InChI is InChI=1S/C18H28N4O3S/c1-21(2)16(23)13-20-18(19-9-6-15-5-4-12-26-15)22-10-7-14(8-11-22)17(24)25-3/h4-5,12,14H,6-11,13H2,1-3H3,(H,19,20). The maximum absolute atomic E-state index is 11.9. The molecule has 1 N–H and O–H groups in total. The first-order valence-electron chi connectivity index (χ1n) is 8.85. The van der Waals surface area contributed by atoms with Crippen LogP contribution in [-0.2, 0) is 20.7 Å². The molecule has 1 aromatic heterocycles. The van der Waals surface area contributed by atoms with Crippen molar-refractivity contribution in [1.29, 1.82) is 0 Å². The molecule has 0 spiro atoms. The molecule has 0 unspecified atom stereocenters. The van der Waals surface area contributed by atoms with E-state index in [1.54, 1.807) is 25.4 Å². The zero-order chi connectivity index (χ0) is 18.9. The molecule has 144 valence electrons. The summed E-state index contributed by atoms with van der Waals surface area (Å²) in [6.45, 7) is 2.32. The fourth-order valence-corrected chi connectivity index (χ4v) is 3.51. The average molecular weight is 381 g/mol. The number of esters is 1. The molecule has 1 aromatic rings. The quantitative estimate of drug-likeness (QED) is 0.456. The number of hydrogen-bond donors (Lipinski definition) is 1. The van der Waals surface area contributed by atoms with Crippen LogP contribution in [0.15, 0.2) is 22.5 Å². The van der Waals surface area contributed by atoms with Gasteiger partial charge in [-0.1, -0.05) is 6.07 Å². The summed E-state index contributed by atoms with van der Waals surface area (Å²) < 4.78 is 4.84. The van der Waals surface area contributed by atoms with Gasteiger partial charge in [-0.2, -0.15) is 0 Å². The highest BCUT2D eigenvalue weighted by Gasteiger charge is 2.27. The summed E-state index contributed by atoms with van der Waals surface area (Å²) >= 11 is 1.73. The number of likely N-dealkylation sites (tertiary alicyclic amines) is 1. The molecule has 1 aliphatic rings. The number of carbonyl (C=O) groups excluding carboxylic acids is 2. The van der Waals surface area contributed by atoms with E-state index in [0.29, 0.717) is 0 Å². The number of nitrogens with one attached hydrogen (secondary N) is 1. The summed E-state index contributed by atoms with van der Waals surface area (Å²) in [5, 5.41) is 5.44. The van der Waals surface area contributed by atoms with Gasteiger partial charge in [-0.05, 0) is 30.7 Å². The summed E-state index contributed by atoms with van der Waals surface area (Å²) in [5.41, 5.74) is 0. The SMILES string of the molecule is COC(=O)C1CCN(C(=NCC(=O)N(C)C)NCCc2cccs2)CC1. The van der Waals surface area contributed by atoms with Crippen LogP contribution in [0.1, 0.15) is 17.7 Å². The molecule has 0 radical (unpaired) electrons. The van der Waals surface area contributed by atoms with Crippen LogP contribution in [-0.4, -0.2) is 75.0 Å². The molecule has 0 atom stereocenters. The molecule has 2 rings (SSSR count). The van der Waals surface area contributed by atoms with Crippen molar-refractivity contribution in [3.05, 3.63) is 22.4 Å². The second-order valence-corrected chi connectivity index (χ2v) is 7.50. The number of rotatable bonds is 6.